The lowest BCUT2D eigenvalue weighted by Gasteiger charge is -2.12. The molecule has 2 rings (SSSR count). The maximum absolute atomic E-state index is 10.4. The van der Waals surface area contributed by atoms with E-state index in [1.165, 1.54) is 30.8 Å². The molecule has 0 amide bonds. The summed E-state index contributed by atoms with van der Waals surface area (Å²) in [4.78, 5) is 1.58. The monoisotopic (exact) mass is 263 g/mol. The van der Waals surface area contributed by atoms with Gasteiger partial charge in [-0.3, -0.25) is 0 Å². The Balaban J connectivity index is 0.000000249. The summed E-state index contributed by atoms with van der Waals surface area (Å²) in [6, 6.07) is 11.0. The molecule has 1 aromatic carbocycles. The fraction of sp³-hybridized carbons (Fsp3) is 0.538. The van der Waals surface area contributed by atoms with Crippen molar-refractivity contribution in [1.82, 2.24) is 0 Å². The first-order valence-corrected chi connectivity index (χ1v) is 7.32. The molecule has 1 aromatic rings. The zero-order valence-electron chi connectivity index (χ0n) is 9.96. The molecule has 17 heavy (non-hydrogen) atoms. The van der Waals surface area contributed by atoms with Crippen LogP contribution < -0.4 is 0 Å². The molecule has 0 radical (unpaired) electrons. The highest BCUT2D eigenvalue weighted by Gasteiger charge is 2.23. The van der Waals surface area contributed by atoms with Crippen LogP contribution in [0.2, 0.25) is 0 Å². The topological polar surface area (TPSA) is 0 Å². The summed E-state index contributed by atoms with van der Waals surface area (Å²) in [6.07, 6.45) is 0.340. The van der Waals surface area contributed by atoms with E-state index in [-0.39, 0.29) is 6.92 Å². The van der Waals surface area contributed by atoms with E-state index in [0.29, 0.717) is 10.9 Å². The summed E-state index contributed by atoms with van der Waals surface area (Å²) in [5.41, 5.74) is 0. The van der Waals surface area contributed by atoms with Crippen molar-refractivity contribution in [2.75, 3.05) is 11.5 Å². The van der Waals surface area contributed by atoms with Crippen molar-refractivity contribution in [1.29, 1.82) is 0 Å². The van der Waals surface area contributed by atoms with Crippen molar-refractivity contribution in [3.8, 4) is 0 Å². The molecule has 1 heterocycles. The highest BCUT2D eigenvalue weighted by atomic mass is 32.2. The normalized spacial score (nSPS) is 17.2. The number of benzene rings is 1. The van der Waals surface area contributed by atoms with E-state index >= 15 is 0 Å². The second kappa shape index (κ2) is 6.94. The Bertz CT molecular complexity index is 296. The van der Waals surface area contributed by atoms with Gasteiger partial charge in [-0.1, -0.05) is 18.2 Å². The second-order valence-electron chi connectivity index (χ2n) is 4.06. The third-order valence-corrected chi connectivity index (χ3v) is 4.86. The average molecular weight is 263 g/mol. The summed E-state index contributed by atoms with van der Waals surface area (Å²) < 4.78 is 31.1. The van der Waals surface area contributed by atoms with Gasteiger partial charge >= 0.3 is 6.18 Å². The minimum Gasteiger partial charge on any atom is -0.172 e. The molecule has 1 aliphatic rings. The zero-order chi connectivity index (χ0) is 12.7. The Hall–Kier alpha value is -0.640. The fourth-order valence-electron chi connectivity index (χ4n) is 1.68. The molecule has 0 aromatic heterocycles. The quantitative estimate of drug-likeness (QED) is 0.658. The smallest absolute Gasteiger partial charge is 0.172 e. The number of halogens is 3. The van der Waals surface area contributed by atoms with Gasteiger partial charge in [-0.05, 0) is 31.4 Å². The van der Waals surface area contributed by atoms with Crippen molar-refractivity contribution in [2.24, 2.45) is 0 Å². The van der Waals surface area contributed by atoms with Crippen LogP contribution in [0.1, 0.15) is 26.2 Å². The lowest BCUT2D eigenvalue weighted by molar-refractivity contribution is -0.110. The second-order valence-corrected chi connectivity index (χ2v) is 6.33. The Morgan fingerprint density at radius 2 is 1.41 bits per heavy atom. The van der Waals surface area contributed by atoms with Crippen LogP contribution in [0.5, 0.6) is 0 Å². The maximum Gasteiger partial charge on any atom is 0.386 e. The number of hydrogen-bond donors (Lipinski definition) is 0. The highest BCUT2D eigenvalue weighted by molar-refractivity contribution is 7.96. The van der Waals surface area contributed by atoms with Crippen LogP contribution in [0, 0.1) is 0 Å². The molecular weight excluding hydrogens is 245 g/mol. The Morgan fingerprint density at radius 1 is 0.941 bits per heavy atom. The Morgan fingerprint density at radius 3 is 1.88 bits per heavy atom. The van der Waals surface area contributed by atoms with Gasteiger partial charge in [0.05, 0.1) is 0 Å². The van der Waals surface area contributed by atoms with E-state index in [9.17, 15) is 13.2 Å². The van der Waals surface area contributed by atoms with Gasteiger partial charge in [0.25, 0.3) is 0 Å². The molecule has 0 bridgehead atoms. The first-order valence-electron chi connectivity index (χ1n) is 5.76. The SMILES string of the molecule is CC(F)(F)F.c1ccc([S+]2CCCCC2)cc1. The van der Waals surface area contributed by atoms with Crippen LogP contribution >= 0.6 is 0 Å². The van der Waals surface area contributed by atoms with Crippen LogP contribution in [0.4, 0.5) is 13.2 Å². The highest BCUT2D eigenvalue weighted by Crippen LogP contribution is 2.21. The number of alkyl halides is 3. The molecular formula is C13H18F3S+. The van der Waals surface area contributed by atoms with Gasteiger partial charge in [0.1, 0.15) is 11.5 Å². The average Bonchev–Trinajstić information content (AvgIpc) is 2.29. The van der Waals surface area contributed by atoms with Crippen LogP contribution in [-0.4, -0.2) is 17.7 Å². The largest absolute Gasteiger partial charge is 0.386 e. The number of hydrogen-bond acceptors (Lipinski definition) is 0. The van der Waals surface area contributed by atoms with Gasteiger partial charge in [0.2, 0.25) is 0 Å². The zero-order valence-corrected chi connectivity index (χ0v) is 10.8. The van der Waals surface area contributed by atoms with E-state index < -0.39 is 6.18 Å². The van der Waals surface area contributed by atoms with Gasteiger partial charge < -0.3 is 0 Å². The first kappa shape index (κ1) is 14.4. The predicted octanol–water partition coefficient (Wildman–Crippen LogP) is 4.42. The first-order chi connectivity index (χ1) is 7.97. The summed E-state index contributed by atoms with van der Waals surface area (Å²) >= 11 is 0. The van der Waals surface area contributed by atoms with E-state index in [2.05, 4.69) is 30.3 Å². The lowest BCUT2D eigenvalue weighted by Crippen LogP contribution is -2.17. The molecule has 0 spiro atoms. The minimum absolute atomic E-state index is 0.188. The molecule has 0 atom stereocenters. The summed E-state index contributed by atoms with van der Waals surface area (Å²) in [5.74, 6) is 2.87. The fourth-order valence-corrected chi connectivity index (χ4v) is 4.00. The molecule has 0 nitrogen and oxygen atoms in total. The third-order valence-electron chi connectivity index (χ3n) is 2.36. The van der Waals surface area contributed by atoms with E-state index in [1.54, 1.807) is 4.90 Å². The maximum atomic E-state index is 10.4. The molecule has 1 saturated heterocycles. The molecule has 1 aliphatic heterocycles. The standard InChI is InChI=1S/C11H15S.C2H3F3/c1-3-7-11(8-4-1)12-9-5-2-6-10-12;1-2(3,4)5/h1,3-4,7-8H,2,5-6,9-10H2;1H3/q+1;. The molecule has 0 saturated carbocycles. The summed E-state index contributed by atoms with van der Waals surface area (Å²) in [5, 5.41) is 0. The van der Waals surface area contributed by atoms with Gasteiger partial charge in [-0.2, -0.15) is 13.2 Å². The molecule has 0 N–H and O–H groups in total. The van der Waals surface area contributed by atoms with Crippen LogP contribution in [-0.2, 0) is 10.9 Å². The van der Waals surface area contributed by atoms with Crippen molar-refractivity contribution < 1.29 is 13.2 Å². The Kier molecular flexibility index (Phi) is 5.89. The predicted molar refractivity (Wildman–Crippen MR) is 67.4 cm³/mol. The van der Waals surface area contributed by atoms with Crippen molar-refractivity contribution >= 4 is 10.9 Å². The van der Waals surface area contributed by atoms with E-state index in [1.807, 2.05) is 0 Å². The minimum atomic E-state index is -4.00. The van der Waals surface area contributed by atoms with E-state index in [4.69, 9.17) is 0 Å². The molecule has 0 unspecified atom stereocenters. The van der Waals surface area contributed by atoms with Crippen molar-refractivity contribution in [2.45, 2.75) is 37.3 Å². The lowest BCUT2D eigenvalue weighted by atomic mass is 10.3. The van der Waals surface area contributed by atoms with Gasteiger partial charge in [0, 0.05) is 17.8 Å². The molecule has 4 heteroatoms. The van der Waals surface area contributed by atoms with E-state index in [0.717, 1.165) is 0 Å². The summed E-state index contributed by atoms with van der Waals surface area (Å²) in [6.45, 7) is 0.188. The van der Waals surface area contributed by atoms with Gasteiger partial charge in [-0.25, -0.2) is 0 Å². The van der Waals surface area contributed by atoms with Crippen LogP contribution in [0.15, 0.2) is 35.2 Å². The van der Waals surface area contributed by atoms with Crippen LogP contribution in [0.25, 0.3) is 0 Å². The van der Waals surface area contributed by atoms with Crippen molar-refractivity contribution in [3.63, 3.8) is 0 Å². The van der Waals surface area contributed by atoms with Gasteiger partial charge in [-0.15, -0.1) is 0 Å². The summed E-state index contributed by atoms with van der Waals surface area (Å²) in [7, 11) is 0.592. The molecule has 1 fully saturated rings. The molecule has 0 aliphatic carbocycles. The number of rotatable bonds is 1. The third kappa shape index (κ3) is 7.31. The van der Waals surface area contributed by atoms with Gasteiger partial charge in [0.15, 0.2) is 4.90 Å². The molecule has 96 valence electrons. The Labute approximate surface area is 104 Å². The van der Waals surface area contributed by atoms with Crippen LogP contribution in [0.3, 0.4) is 0 Å². The van der Waals surface area contributed by atoms with Crippen molar-refractivity contribution in [3.05, 3.63) is 30.3 Å².